The minimum Gasteiger partial charge on any atom is -0.366 e. The Morgan fingerprint density at radius 3 is 2.60 bits per heavy atom. The molecule has 25 heavy (non-hydrogen) atoms. The third-order valence-corrected chi connectivity index (χ3v) is 3.65. The molecule has 8 nitrogen and oxygen atoms in total. The predicted octanol–water partition coefficient (Wildman–Crippen LogP) is 0.919. The zero-order valence-corrected chi connectivity index (χ0v) is 13.2. The van der Waals surface area contributed by atoms with E-state index in [0.717, 1.165) is 4.68 Å². The molecule has 0 radical (unpaired) electrons. The van der Waals surface area contributed by atoms with Gasteiger partial charge in [-0.1, -0.05) is 29.5 Å². The average molecular weight is 337 g/mol. The Morgan fingerprint density at radius 2 is 1.80 bits per heavy atom. The van der Waals surface area contributed by atoms with Gasteiger partial charge in [0.15, 0.2) is 0 Å². The van der Waals surface area contributed by atoms with E-state index in [1.165, 1.54) is 6.07 Å². The molecule has 0 saturated carbocycles. The summed E-state index contributed by atoms with van der Waals surface area (Å²) in [5.74, 6) is -0.997. The lowest BCUT2D eigenvalue weighted by Crippen LogP contribution is -2.27. The maximum atomic E-state index is 12.3. The first-order chi connectivity index (χ1) is 12.1. The number of para-hydroxylation sites is 1. The van der Waals surface area contributed by atoms with Crippen molar-refractivity contribution >= 4 is 28.4 Å². The summed E-state index contributed by atoms with van der Waals surface area (Å²) >= 11 is 0. The van der Waals surface area contributed by atoms with Gasteiger partial charge in [-0.25, -0.2) is 4.68 Å². The molecule has 0 aliphatic heterocycles. The number of nitrogens with zero attached hydrogens (tertiary/aromatic N) is 3. The van der Waals surface area contributed by atoms with Gasteiger partial charge >= 0.3 is 0 Å². The van der Waals surface area contributed by atoms with Gasteiger partial charge in [-0.15, -0.1) is 5.10 Å². The normalized spacial score (nSPS) is 10.6. The van der Waals surface area contributed by atoms with Crippen LogP contribution in [0.25, 0.3) is 10.9 Å². The fourth-order valence-corrected chi connectivity index (χ4v) is 2.40. The molecule has 2 aromatic carbocycles. The zero-order valence-electron chi connectivity index (χ0n) is 13.2. The van der Waals surface area contributed by atoms with E-state index in [1.54, 1.807) is 42.5 Å². The van der Waals surface area contributed by atoms with Crippen LogP contribution < -0.4 is 16.6 Å². The van der Waals surface area contributed by atoms with Gasteiger partial charge in [-0.05, 0) is 24.3 Å². The molecule has 0 atom stereocenters. The number of rotatable bonds is 5. The average Bonchev–Trinajstić information content (AvgIpc) is 2.61. The summed E-state index contributed by atoms with van der Waals surface area (Å²) in [6.45, 7) is 0.0707. The third kappa shape index (κ3) is 3.52. The van der Waals surface area contributed by atoms with E-state index in [-0.39, 0.29) is 30.0 Å². The van der Waals surface area contributed by atoms with Crippen molar-refractivity contribution in [1.82, 2.24) is 15.0 Å². The number of carbonyl (C=O) groups excluding carboxylic acids is 2. The topological polar surface area (TPSA) is 120 Å². The molecular weight excluding hydrogens is 322 g/mol. The van der Waals surface area contributed by atoms with Crippen LogP contribution >= 0.6 is 0 Å². The van der Waals surface area contributed by atoms with E-state index in [9.17, 15) is 14.4 Å². The number of benzene rings is 2. The molecule has 0 bridgehead atoms. The second-order valence-electron chi connectivity index (χ2n) is 5.34. The van der Waals surface area contributed by atoms with Crippen molar-refractivity contribution in [3.05, 3.63) is 64.4 Å². The minimum absolute atomic E-state index is 0.0000229. The molecule has 126 valence electrons. The summed E-state index contributed by atoms with van der Waals surface area (Å²) in [6.07, 6.45) is 0.0000229. The fraction of sp³-hybridized carbons (Fsp3) is 0.118. The molecule has 8 heteroatoms. The molecule has 0 saturated heterocycles. The summed E-state index contributed by atoms with van der Waals surface area (Å²) in [7, 11) is 0. The van der Waals surface area contributed by atoms with Crippen molar-refractivity contribution in [2.24, 2.45) is 5.73 Å². The molecule has 1 heterocycles. The second kappa shape index (κ2) is 6.91. The number of hydrogen-bond acceptors (Lipinski definition) is 5. The van der Waals surface area contributed by atoms with Gasteiger partial charge in [0.2, 0.25) is 5.91 Å². The molecule has 0 aliphatic rings. The van der Waals surface area contributed by atoms with E-state index in [4.69, 9.17) is 5.73 Å². The van der Waals surface area contributed by atoms with Gasteiger partial charge in [0.1, 0.15) is 5.52 Å². The van der Waals surface area contributed by atoms with E-state index >= 15 is 0 Å². The maximum Gasteiger partial charge on any atom is 0.277 e. The summed E-state index contributed by atoms with van der Waals surface area (Å²) < 4.78 is 1.14. The van der Waals surface area contributed by atoms with Crippen molar-refractivity contribution in [2.45, 2.75) is 13.0 Å². The van der Waals surface area contributed by atoms with Crippen LogP contribution in [0.3, 0.4) is 0 Å². The van der Waals surface area contributed by atoms with Crippen LogP contribution in [-0.2, 0) is 11.3 Å². The SMILES string of the molecule is NC(=O)c1ccccc1NC(=O)CCn1nnc2ccccc2c1=O. The number of primary amides is 1. The number of nitrogens with one attached hydrogen (secondary N) is 1. The Morgan fingerprint density at radius 1 is 1.08 bits per heavy atom. The number of fused-ring (bicyclic) bond motifs is 1. The van der Waals surface area contributed by atoms with Crippen LogP contribution in [0.2, 0.25) is 0 Å². The first kappa shape index (κ1) is 16.3. The van der Waals surface area contributed by atoms with Crippen molar-refractivity contribution < 1.29 is 9.59 Å². The highest BCUT2D eigenvalue weighted by Gasteiger charge is 2.11. The lowest BCUT2D eigenvalue weighted by molar-refractivity contribution is -0.116. The smallest absolute Gasteiger partial charge is 0.277 e. The Balaban J connectivity index is 1.72. The Labute approximate surface area is 142 Å². The summed E-state index contributed by atoms with van der Waals surface area (Å²) in [5, 5.41) is 10.8. The van der Waals surface area contributed by atoms with Crippen molar-refractivity contribution in [3.63, 3.8) is 0 Å². The molecule has 1 aromatic heterocycles. The van der Waals surface area contributed by atoms with Gasteiger partial charge in [0, 0.05) is 6.42 Å². The van der Waals surface area contributed by atoms with E-state index in [0.29, 0.717) is 16.6 Å². The molecule has 0 fully saturated rings. The van der Waals surface area contributed by atoms with Gasteiger partial charge in [-0.2, -0.15) is 0 Å². The molecule has 0 unspecified atom stereocenters. The zero-order chi connectivity index (χ0) is 17.8. The summed E-state index contributed by atoms with van der Waals surface area (Å²) in [5.41, 5.74) is 6.02. The Hall–Kier alpha value is -3.55. The van der Waals surface area contributed by atoms with E-state index in [1.807, 2.05) is 0 Å². The molecule has 2 amide bonds. The van der Waals surface area contributed by atoms with Crippen LogP contribution in [0.5, 0.6) is 0 Å². The Kier molecular flexibility index (Phi) is 4.51. The predicted molar refractivity (Wildman–Crippen MR) is 92.0 cm³/mol. The number of nitrogens with two attached hydrogens (primary N) is 1. The second-order valence-corrected chi connectivity index (χ2v) is 5.34. The highest BCUT2D eigenvalue weighted by Crippen LogP contribution is 2.14. The number of aryl methyl sites for hydroxylation is 1. The quantitative estimate of drug-likeness (QED) is 0.717. The minimum atomic E-state index is -0.632. The number of hydrogen-bond donors (Lipinski definition) is 2. The summed E-state index contributed by atoms with van der Waals surface area (Å²) in [4.78, 5) is 35.8. The maximum absolute atomic E-state index is 12.3. The third-order valence-electron chi connectivity index (χ3n) is 3.65. The largest absolute Gasteiger partial charge is 0.366 e. The van der Waals surface area contributed by atoms with Crippen LogP contribution in [0.1, 0.15) is 16.8 Å². The molecule has 3 aromatic rings. The van der Waals surface area contributed by atoms with Gasteiger partial charge in [0.25, 0.3) is 11.5 Å². The molecule has 3 N–H and O–H groups in total. The van der Waals surface area contributed by atoms with Gasteiger partial charge in [0.05, 0.1) is 23.2 Å². The van der Waals surface area contributed by atoms with Crippen molar-refractivity contribution in [3.8, 4) is 0 Å². The van der Waals surface area contributed by atoms with Crippen molar-refractivity contribution in [1.29, 1.82) is 0 Å². The van der Waals surface area contributed by atoms with Crippen LogP contribution in [0, 0.1) is 0 Å². The lowest BCUT2D eigenvalue weighted by atomic mass is 10.1. The van der Waals surface area contributed by atoms with Crippen molar-refractivity contribution in [2.75, 3.05) is 5.32 Å². The van der Waals surface area contributed by atoms with Gasteiger partial charge < -0.3 is 11.1 Å². The molecule has 0 aliphatic carbocycles. The van der Waals surface area contributed by atoms with E-state index in [2.05, 4.69) is 15.6 Å². The number of carbonyl (C=O) groups is 2. The van der Waals surface area contributed by atoms with Crippen LogP contribution in [0.15, 0.2) is 53.3 Å². The van der Waals surface area contributed by atoms with Crippen LogP contribution in [-0.4, -0.2) is 26.8 Å². The standard InChI is InChI=1S/C17H15N5O3/c18-16(24)11-5-1-3-7-13(11)19-15(23)9-10-22-17(25)12-6-2-4-8-14(12)20-21-22/h1-8H,9-10H2,(H2,18,24)(H,19,23). The highest BCUT2D eigenvalue weighted by atomic mass is 16.2. The number of aromatic nitrogens is 3. The highest BCUT2D eigenvalue weighted by molar-refractivity contribution is 6.02. The Bertz CT molecular complexity index is 1010. The van der Waals surface area contributed by atoms with Gasteiger partial charge in [-0.3, -0.25) is 14.4 Å². The van der Waals surface area contributed by atoms with E-state index < -0.39 is 5.91 Å². The molecule has 3 rings (SSSR count). The fourth-order valence-electron chi connectivity index (χ4n) is 2.40. The first-order valence-electron chi connectivity index (χ1n) is 7.57. The first-order valence-corrected chi connectivity index (χ1v) is 7.57. The molecular formula is C17H15N5O3. The van der Waals surface area contributed by atoms with Crippen LogP contribution in [0.4, 0.5) is 5.69 Å². The lowest BCUT2D eigenvalue weighted by Gasteiger charge is -2.09. The summed E-state index contributed by atoms with van der Waals surface area (Å²) in [6, 6.07) is 13.3. The number of amides is 2. The molecule has 0 spiro atoms. The number of anilines is 1. The monoisotopic (exact) mass is 337 g/mol.